The van der Waals surface area contributed by atoms with Crippen LogP contribution in [0, 0.1) is 10.1 Å². The van der Waals surface area contributed by atoms with Crippen LogP contribution >= 0.6 is 23.4 Å². The van der Waals surface area contributed by atoms with Crippen molar-refractivity contribution < 1.29 is 24.7 Å². The van der Waals surface area contributed by atoms with Gasteiger partial charge in [-0.25, -0.2) is 0 Å². The van der Waals surface area contributed by atoms with Crippen molar-refractivity contribution in [1.82, 2.24) is 20.2 Å². The number of hydrogen-bond acceptors (Lipinski definition) is 10. The highest BCUT2D eigenvalue weighted by Crippen LogP contribution is 2.32. The van der Waals surface area contributed by atoms with Gasteiger partial charge in [-0.05, 0) is 22.6 Å². The van der Waals surface area contributed by atoms with Crippen LogP contribution in [0.15, 0.2) is 41.6 Å². The molecule has 1 unspecified atom stereocenters. The molecule has 168 valence electrons. The maximum atomic E-state index is 12.9. The number of methoxy groups -OCH3 is 1. The molecule has 0 spiro atoms. The Balaban J connectivity index is 1.90. The number of tetrazole rings is 1. The fraction of sp³-hybridized carbons (Fsp3) is 0.222. The first kappa shape index (κ1) is 23.4. The van der Waals surface area contributed by atoms with Gasteiger partial charge in [-0.15, -0.1) is 16.9 Å². The monoisotopic (exact) mass is 480 g/mol. The summed E-state index contributed by atoms with van der Waals surface area (Å²) < 4.78 is 6.60. The lowest BCUT2D eigenvalue weighted by atomic mass is 10.1. The molecule has 2 aromatic carbocycles. The third kappa shape index (κ3) is 5.50. The minimum atomic E-state index is -0.984. The Morgan fingerprint density at radius 1 is 1.38 bits per heavy atom. The number of halogens is 1. The lowest BCUT2D eigenvalue weighted by molar-refractivity contribution is -0.385. The quantitative estimate of drug-likeness (QED) is 0.234. The summed E-state index contributed by atoms with van der Waals surface area (Å²) in [5.74, 6) is -0.310. The van der Waals surface area contributed by atoms with E-state index in [4.69, 9.17) is 21.4 Å². The zero-order valence-corrected chi connectivity index (χ0v) is 18.1. The van der Waals surface area contributed by atoms with Gasteiger partial charge in [0.1, 0.15) is 12.1 Å². The van der Waals surface area contributed by atoms with Crippen LogP contribution in [-0.4, -0.2) is 66.8 Å². The standard InChI is InChI=1S/C18H17ClN6O6S/c1-31-17-6-16(24-9-20-22-23-24)15(19)5-14(17)18(28)21-10-2-11(25(29)30)4-13(3-10)32-8-12(27)7-26/h2-6,9,12,26-27H,7-8H2,1H3,(H,21,28). The second-order valence-corrected chi connectivity index (χ2v) is 7.83. The van der Waals surface area contributed by atoms with Gasteiger partial charge in [0, 0.05) is 34.5 Å². The number of benzene rings is 2. The van der Waals surface area contributed by atoms with Crippen LogP contribution in [-0.2, 0) is 0 Å². The number of aliphatic hydroxyl groups excluding tert-OH is 2. The fourth-order valence-corrected chi connectivity index (χ4v) is 3.78. The Morgan fingerprint density at radius 3 is 2.78 bits per heavy atom. The number of aromatic nitrogens is 4. The first-order valence-corrected chi connectivity index (χ1v) is 10.3. The van der Waals surface area contributed by atoms with Crippen LogP contribution in [0.5, 0.6) is 5.75 Å². The van der Waals surface area contributed by atoms with Gasteiger partial charge in [-0.3, -0.25) is 14.9 Å². The van der Waals surface area contributed by atoms with Crippen molar-refractivity contribution in [2.24, 2.45) is 0 Å². The van der Waals surface area contributed by atoms with E-state index in [1.165, 1.54) is 48.5 Å². The average molecular weight is 481 g/mol. The number of rotatable bonds is 9. The van der Waals surface area contributed by atoms with Gasteiger partial charge in [-0.1, -0.05) is 11.6 Å². The van der Waals surface area contributed by atoms with E-state index in [1.807, 2.05) is 0 Å². The SMILES string of the molecule is COc1cc(-n2cnnn2)c(Cl)cc1C(=O)Nc1cc(SCC(O)CO)cc([N+](=O)[O-])c1. The smallest absolute Gasteiger partial charge is 0.272 e. The molecular weight excluding hydrogens is 464 g/mol. The number of amides is 1. The molecular formula is C18H17ClN6O6S. The highest BCUT2D eigenvalue weighted by atomic mass is 35.5. The molecule has 1 atom stereocenters. The van der Waals surface area contributed by atoms with Gasteiger partial charge in [0.15, 0.2) is 0 Å². The minimum Gasteiger partial charge on any atom is -0.496 e. The predicted molar refractivity (Wildman–Crippen MR) is 116 cm³/mol. The minimum absolute atomic E-state index is 0.0886. The van der Waals surface area contributed by atoms with E-state index >= 15 is 0 Å². The molecule has 14 heteroatoms. The molecule has 0 saturated carbocycles. The molecule has 0 saturated heterocycles. The number of carbonyl (C=O) groups excluding carboxylic acids is 1. The first-order valence-electron chi connectivity index (χ1n) is 8.95. The van der Waals surface area contributed by atoms with Crippen molar-refractivity contribution in [1.29, 1.82) is 0 Å². The van der Waals surface area contributed by atoms with E-state index in [-0.39, 0.29) is 33.5 Å². The molecule has 12 nitrogen and oxygen atoms in total. The molecule has 1 amide bonds. The maximum Gasteiger partial charge on any atom is 0.272 e. The fourth-order valence-electron chi connectivity index (χ4n) is 2.62. The molecule has 0 aliphatic rings. The number of nitro benzene ring substituents is 1. The van der Waals surface area contributed by atoms with Crippen LogP contribution in [0.4, 0.5) is 11.4 Å². The Kier molecular flexibility index (Phi) is 7.58. The number of non-ortho nitro benzene ring substituents is 1. The van der Waals surface area contributed by atoms with Crippen LogP contribution < -0.4 is 10.1 Å². The number of anilines is 1. The summed E-state index contributed by atoms with van der Waals surface area (Å²) in [5.41, 5.74) is 0.392. The largest absolute Gasteiger partial charge is 0.496 e. The molecule has 1 aromatic heterocycles. The second kappa shape index (κ2) is 10.4. The molecule has 32 heavy (non-hydrogen) atoms. The number of aliphatic hydroxyl groups is 2. The molecule has 0 fully saturated rings. The third-order valence-corrected chi connectivity index (χ3v) is 5.55. The zero-order valence-electron chi connectivity index (χ0n) is 16.5. The molecule has 0 radical (unpaired) electrons. The average Bonchev–Trinajstić information content (AvgIpc) is 3.31. The van der Waals surface area contributed by atoms with Gasteiger partial charge in [0.25, 0.3) is 11.6 Å². The Morgan fingerprint density at radius 2 is 2.16 bits per heavy atom. The van der Waals surface area contributed by atoms with Crippen LogP contribution in [0.25, 0.3) is 5.69 Å². The van der Waals surface area contributed by atoms with Crippen molar-refractivity contribution >= 4 is 40.6 Å². The maximum absolute atomic E-state index is 12.9. The van der Waals surface area contributed by atoms with E-state index in [2.05, 4.69) is 20.8 Å². The summed E-state index contributed by atoms with van der Waals surface area (Å²) in [6.07, 6.45) is 0.346. The van der Waals surface area contributed by atoms with Crippen molar-refractivity contribution in [2.75, 3.05) is 24.8 Å². The van der Waals surface area contributed by atoms with Gasteiger partial charge in [0.2, 0.25) is 0 Å². The van der Waals surface area contributed by atoms with Crippen LogP contribution in [0.3, 0.4) is 0 Å². The number of nitrogens with one attached hydrogen (secondary N) is 1. The summed E-state index contributed by atoms with van der Waals surface area (Å²) in [6.45, 7) is -0.438. The second-order valence-electron chi connectivity index (χ2n) is 6.33. The number of thioether (sulfide) groups is 1. The molecule has 0 aliphatic carbocycles. The predicted octanol–water partition coefficient (Wildman–Crippen LogP) is 1.93. The summed E-state index contributed by atoms with van der Waals surface area (Å²) >= 11 is 7.38. The first-order chi connectivity index (χ1) is 15.3. The number of carbonyl (C=O) groups is 1. The Bertz CT molecular complexity index is 1130. The lowest BCUT2D eigenvalue weighted by Gasteiger charge is -2.13. The molecule has 1 heterocycles. The van der Waals surface area contributed by atoms with Gasteiger partial charge < -0.3 is 20.3 Å². The number of ether oxygens (including phenoxy) is 1. The van der Waals surface area contributed by atoms with Crippen molar-refractivity contribution in [3.05, 3.63) is 57.4 Å². The highest BCUT2D eigenvalue weighted by molar-refractivity contribution is 7.99. The summed E-state index contributed by atoms with van der Waals surface area (Å²) in [4.78, 5) is 24.0. The topological polar surface area (TPSA) is 166 Å². The molecule has 0 bridgehead atoms. The normalized spacial score (nSPS) is 11.8. The van der Waals surface area contributed by atoms with Crippen LogP contribution in [0.2, 0.25) is 5.02 Å². The Hall–Kier alpha value is -3.26. The van der Waals surface area contributed by atoms with E-state index in [0.717, 1.165) is 11.8 Å². The molecule has 3 N–H and O–H groups in total. The summed E-state index contributed by atoms with van der Waals surface area (Å²) in [7, 11) is 1.37. The van der Waals surface area contributed by atoms with Crippen molar-refractivity contribution in [3.8, 4) is 11.4 Å². The van der Waals surface area contributed by atoms with Crippen molar-refractivity contribution in [3.63, 3.8) is 0 Å². The van der Waals surface area contributed by atoms with E-state index in [0.29, 0.717) is 10.6 Å². The molecule has 0 aliphatic heterocycles. The third-order valence-electron chi connectivity index (χ3n) is 4.12. The lowest BCUT2D eigenvalue weighted by Crippen LogP contribution is -2.15. The van der Waals surface area contributed by atoms with Crippen LogP contribution in [0.1, 0.15) is 10.4 Å². The van der Waals surface area contributed by atoms with Crippen molar-refractivity contribution in [2.45, 2.75) is 11.0 Å². The van der Waals surface area contributed by atoms with Gasteiger partial charge in [-0.2, -0.15) is 4.68 Å². The molecule has 3 rings (SSSR count). The van der Waals surface area contributed by atoms with E-state index < -0.39 is 23.5 Å². The highest BCUT2D eigenvalue weighted by Gasteiger charge is 2.19. The van der Waals surface area contributed by atoms with Gasteiger partial charge >= 0.3 is 0 Å². The van der Waals surface area contributed by atoms with Gasteiger partial charge in [0.05, 0.1) is 41.0 Å². The summed E-state index contributed by atoms with van der Waals surface area (Å²) in [5, 5.41) is 43.4. The number of hydrogen-bond donors (Lipinski definition) is 3. The van der Waals surface area contributed by atoms with E-state index in [9.17, 15) is 20.0 Å². The van der Waals surface area contributed by atoms with E-state index in [1.54, 1.807) is 0 Å². The number of nitrogens with zero attached hydrogens (tertiary/aromatic N) is 5. The summed E-state index contributed by atoms with van der Waals surface area (Å²) in [6, 6.07) is 6.88. The zero-order chi connectivity index (χ0) is 23.3. The Labute approximate surface area is 190 Å². The number of nitro groups is 1. The molecule has 3 aromatic rings.